The van der Waals surface area contributed by atoms with Crippen LogP contribution < -0.4 is 5.73 Å². The van der Waals surface area contributed by atoms with E-state index in [0.717, 1.165) is 15.3 Å². The van der Waals surface area contributed by atoms with Gasteiger partial charge in [0.05, 0.1) is 16.4 Å². The number of benzene rings is 1. The quantitative estimate of drug-likeness (QED) is 0.870. The second kappa shape index (κ2) is 5.56. The van der Waals surface area contributed by atoms with Gasteiger partial charge in [-0.05, 0) is 40.0 Å². The van der Waals surface area contributed by atoms with Crippen LogP contribution in [-0.4, -0.2) is 4.98 Å². The first-order chi connectivity index (χ1) is 8.16. The van der Waals surface area contributed by atoms with Gasteiger partial charge in [-0.15, -0.1) is 11.8 Å². The molecule has 0 saturated carbocycles. The van der Waals surface area contributed by atoms with Gasteiger partial charge in [0.2, 0.25) is 0 Å². The Kier molecular flexibility index (Phi) is 4.07. The number of aromatic nitrogens is 1. The van der Waals surface area contributed by atoms with Crippen molar-refractivity contribution >= 4 is 33.4 Å². The topological polar surface area (TPSA) is 38.9 Å². The highest BCUT2D eigenvalue weighted by molar-refractivity contribution is 9.10. The van der Waals surface area contributed by atoms with Gasteiger partial charge >= 0.3 is 0 Å². The standard InChI is InChI=1S/C13H13BrN2S/c1-9-4-2-3-5-10(9)8-17-13-12(14)6-11(15)7-16-13/h2-7H,8,15H2,1H3. The lowest BCUT2D eigenvalue weighted by Crippen LogP contribution is -1.90. The summed E-state index contributed by atoms with van der Waals surface area (Å²) in [5.74, 6) is 0.919. The van der Waals surface area contributed by atoms with Gasteiger partial charge in [-0.2, -0.15) is 0 Å². The van der Waals surface area contributed by atoms with Crippen molar-refractivity contribution in [1.29, 1.82) is 0 Å². The Hall–Kier alpha value is -1.00. The normalized spacial score (nSPS) is 10.5. The predicted octanol–water partition coefficient (Wildman–Crippen LogP) is 4.03. The van der Waals surface area contributed by atoms with Crippen molar-refractivity contribution in [2.75, 3.05) is 5.73 Å². The average Bonchev–Trinajstić information content (AvgIpc) is 2.30. The molecule has 2 N–H and O–H groups in total. The fraction of sp³-hybridized carbons (Fsp3) is 0.154. The maximum absolute atomic E-state index is 5.66. The molecule has 0 atom stereocenters. The number of nitrogen functional groups attached to an aromatic ring is 1. The second-order valence-corrected chi connectivity index (χ2v) is 5.59. The van der Waals surface area contributed by atoms with Gasteiger partial charge in [-0.25, -0.2) is 4.98 Å². The molecule has 0 bridgehead atoms. The minimum Gasteiger partial charge on any atom is -0.397 e. The van der Waals surface area contributed by atoms with Crippen LogP contribution in [0.4, 0.5) is 5.69 Å². The fourth-order valence-electron chi connectivity index (χ4n) is 1.46. The Bertz CT molecular complexity index is 529. The molecule has 17 heavy (non-hydrogen) atoms. The first kappa shape index (κ1) is 12.5. The number of halogens is 1. The van der Waals surface area contributed by atoms with E-state index in [1.165, 1.54) is 11.1 Å². The maximum atomic E-state index is 5.66. The van der Waals surface area contributed by atoms with E-state index in [-0.39, 0.29) is 0 Å². The summed E-state index contributed by atoms with van der Waals surface area (Å²) in [6.45, 7) is 2.13. The van der Waals surface area contributed by atoms with Gasteiger partial charge in [0.25, 0.3) is 0 Å². The van der Waals surface area contributed by atoms with E-state index in [1.54, 1.807) is 18.0 Å². The molecule has 4 heteroatoms. The molecule has 0 saturated heterocycles. The van der Waals surface area contributed by atoms with Crippen molar-refractivity contribution in [3.8, 4) is 0 Å². The number of hydrogen-bond donors (Lipinski definition) is 1. The number of nitrogens with two attached hydrogens (primary N) is 1. The van der Waals surface area contributed by atoms with Crippen LogP contribution in [0.1, 0.15) is 11.1 Å². The van der Waals surface area contributed by atoms with Crippen molar-refractivity contribution in [3.05, 3.63) is 52.1 Å². The van der Waals surface area contributed by atoms with Gasteiger partial charge in [0.15, 0.2) is 0 Å². The molecule has 88 valence electrons. The smallest absolute Gasteiger partial charge is 0.111 e. The Labute approximate surface area is 114 Å². The van der Waals surface area contributed by atoms with E-state index in [0.29, 0.717) is 5.69 Å². The van der Waals surface area contributed by atoms with Crippen molar-refractivity contribution in [2.24, 2.45) is 0 Å². The van der Waals surface area contributed by atoms with Gasteiger partial charge in [-0.3, -0.25) is 0 Å². The summed E-state index contributed by atoms with van der Waals surface area (Å²) in [6, 6.07) is 10.3. The minimum absolute atomic E-state index is 0.678. The third-order valence-corrected chi connectivity index (χ3v) is 4.38. The molecule has 2 rings (SSSR count). The van der Waals surface area contributed by atoms with Crippen molar-refractivity contribution in [1.82, 2.24) is 4.98 Å². The molecule has 0 aliphatic rings. The first-order valence-corrected chi connectivity index (χ1v) is 7.03. The van der Waals surface area contributed by atoms with E-state index < -0.39 is 0 Å². The number of hydrogen-bond acceptors (Lipinski definition) is 3. The Morgan fingerprint density at radius 2 is 2.12 bits per heavy atom. The molecule has 2 aromatic rings. The van der Waals surface area contributed by atoms with E-state index in [1.807, 2.05) is 6.07 Å². The molecule has 0 radical (unpaired) electrons. The third-order valence-electron chi connectivity index (χ3n) is 2.45. The molecule has 0 amide bonds. The highest BCUT2D eigenvalue weighted by Gasteiger charge is 2.04. The zero-order chi connectivity index (χ0) is 12.3. The van der Waals surface area contributed by atoms with Crippen molar-refractivity contribution in [3.63, 3.8) is 0 Å². The number of rotatable bonds is 3. The van der Waals surface area contributed by atoms with Gasteiger partial charge in [0, 0.05) is 5.75 Å². The molecular formula is C13H13BrN2S. The first-order valence-electron chi connectivity index (χ1n) is 5.25. The van der Waals surface area contributed by atoms with Crippen LogP contribution in [0.25, 0.3) is 0 Å². The van der Waals surface area contributed by atoms with Crippen LogP contribution in [0.2, 0.25) is 0 Å². The molecule has 0 unspecified atom stereocenters. The Morgan fingerprint density at radius 1 is 1.35 bits per heavy atom. The molecule has 2 nitrogen and oxygen atoms in total. The highest BCUT2D eigenvalue weighted by atomic mass is 79.9. The van der Waals surface area contributed by atoms with Gasteiger partial charge in [0.1, 0.15) is 5.03 Å². The van der Waals surface area contributed by atoms with E-state index in [2.05, 4.69) is 52.1 Å². The molecule has 0 fully saturated rings. The zero-order valence-electron chi connectivity index (χ0n) is 9.48. The summed E-state index contributed by atoms with van der Waals surface area (Å²) in [7, 11) is 0. The lowest BCUT2D eigenvalue weighted by Gasteiger charge is -2.06. The molecule has 1 aromatic carbocycles. The molecule has 0 aliphatic carbocycles. The van der Waals surface area contributed by atoms with E-state index >= 15 is 0 Å². The van der Waals surface area contributed by atoms with Crippen LogP contribution >= 0.6 is 27.7 Å². The SMILES string of the molecule is Cc1ccccc1CSc1ncc(N)cc1Br. The van der Waals surface area contributed by atoms with Crippen LogP contribution in [0.3, 0.4) is 0 Å². The van der Waals surface area contributed by atoms with Crippen molar-refractivity contribution in [2.45, 2.75) is 17.7 Å². The molecular weight excluding hydrogens is 296 g/mol. The largest absolute Gasteiger partial charge is 0.397 e. The summed E-state index contributed by atoms with van der Waals surface area (Å²) >= 11 is 5.19. The summed E-state index contributed by atoms with van der Waals surface area (Å²) in [5.41, 5.74) is 8.98. The minimum atomic E-state index is 0.678. The summed E-state index contributed by atoms with van der Waals surface area (Å²) in [4.78, 5) is 4.31. The summed E-state index contributed by atoms with van der Waals surface area (Å²) < 4.78 is 0.955. The predicted molar refractivity (Wildman–Crippen MR) is 77.1 cm³/mol. The Balaban J connectivity index is 2.10. The van der Waals surface area contributed by atoms with E-state index in [9.17, 15) is 0 Å². The third kappa shape index (κ3) is 3.23. The summed E-state index contributed by atoms with van der Waals surface area (Å²) in [5, 5.41) is 0.974. The molecule has 1 heterocycles. The zero-order valence-corrected chi connectivity index (χ0v) is 11.9. The monoisotopic (exact) mass is 308 g/mol. The van der Waals surface area contributed by atoms with E-state index in [4.69, 9.17) is 5.73 Å². The van der Waals surface area contributed by atoms with Gasteiger partial charge < -0.3 is 5.73 Å². The fourth-order valence-corrected chi connectivity index (χ4v) is 3.11. The number of anilines is 1. The second-order valence-electron chi connectivity index (χ2n) is 3.77. The van der Waals surface area contributed by atoms with Crippen LogP contribution in [0.15, 0.2) is 46.0 Å². The summed E-state index contributed by atoms with van der Waals surface area (Å²) in [6.07, 6.45) is 1.69. The molecule has 0 aliphatic heterocycles. The van der Waals surface area contributed by atoms with Crippen LogP contribution in [0, 0.1) is 6.92 Å². The maximum Gasteiger partial charge on any atom is 0.111 e. The number of pyridine rings is 1. The molecule has 0 spiro atoms. The Morgan fingerprint density at radius 3 is 2.82 bits per heavy atom. The number of thioether (sulfide) groups is 1. The van der Waals surface area contributed by atoms with Crippen LogP contribution in [-0.2, 0) is 5.75 Å². The molecule has 1 aromatic heterocycles. The lowest BCUT2D eigenvalue weighted by atomic mass is 10.1. The highest BCUT2D eigenvalue weighted by Crippen LogP contribution is 2.29. The number of nitrogens with zero attached hydrogens (tertiary/aromatic N) is 1. The van der Waals surface area contributed by atoms with Gasteiger partial charge in [-0.1, -0.05) is 24.3 Å². The van der Waals surface area contributed by atoms with Crippen molar-refractivity contribution < 1.29 is 0 Å². The lowest BCUT2D eigenvalue weighted by molar-refractivity contribution is 1.11. The average molecular weight is 309 g/mol. The van der Waals surface area contributed by atoms with Crippen LogP contribution in [0.5, 0.6) is 0 Å². The number of aryl methyl sites for hydroxylation is 1.